The van der Waals surface area contributed by atoms with Crippen molar-refractivity contribution in [2.45, 2.75) is 32.0 Å². The Morgan fingerprint density at radius 1 is 1.43 bits per heavy atom. The molecule has 1 aliphatic heterocycles. The van der Waals surface area contributed by atoms with Crippen molar-refractivity contribution in [3.8, 4) is 0 Å². The fraction of sp³-hybridized carbons (Fsp3) is 1.00. The average Bonchev–Trinajstić information content (AvgIpc) is 2.01. The third kappa shape index (κ3) is 3.13. The fourth-order valence-electron chi connectivity index (χ4n) is 2.06. The van der Waals surface area contributed by atoms with Crippen LogP contribution in [0.15, 0.2) is 0 Å². The van der Waals surface area contributed by atoms with Crippen LogP contribution >= 0.6 is 0 Å². The summed E-state index contributed by atoms with van der Waals surface area (Å²) in [7, 11) is 0. The first-order valence-electron chi connectivity index (χ1n) is 4.85. The van der Waals surface area contributed by atoms with Crippen LogP contribution in [0.25, 0.3) is 0 Å². The van der Waals surface area contributed by atoms with Gasteiger partial charge < -0.3 is 5.11 Å². The normalized spacial score (nSPS) is 30.6. The van der Waals surface area contributed by atoms with Crippen LogP contribution in [0.1, 0.15) is 19.8 Å². The van der Waals surface area contributed by atoms with Crippen molar-refractivity contribution in [2.24, 2.45) is 5.92 Å². The predicted octanol–water partition coefficient (Wildman–Crippen LogP) is 1.64. The third-order valence-electron chi connectivity index (χ3n) is 2.80. The number of likely N-dealkylation sites (tertiary alicyclic amines) is 1. The van der Waals surface area contributed by atoms with Crippen molar-refractivity contribution in [1.29, 1.82) is 0 Å². The lowest BCUT2D eigenvalue weighted by molar-refractivity contribution is -0.158. The molecule has 5 heteroatoms. The molecule has 1 heterocycles. The van der Waals surface area contributed by atoms with Gasteiger partial charge in [-0.15, -0.1) is 0 Å². The van der Waals surface area contributed by atoms with Crippen molar-refractivity contribution in [3.05, 3.63) is 0 Å². The lowest BCUT2D eigenvalue weighted by Crippen LogP contribution is -2.50. The van der Waals surface area contributed by atoms with Gasteiger partial charge in [0.05, 0.1) is 13.2 Å². The van der Waals surface area contributed by atoms with E-state index in [9.17, 15) is 13.2 Å². The molecular formula is C9H16F3NO. The summed E-state index contributed by atoms with van der Waals surface area (Å²) in [5, 5.41) is 9.02. The molecule has 1 saturated heterocycles. The first-order valence-corrected chi connectivity index (χ1v) is 4.85. The number of nitrogens with zero attached hydrogens (tertiary/aromatic N) is 1. The fourth-order valence-corrected chi connectivity index (χ4v) is 2.06. The van der Waals surface area contributed by atoms with Crippen LogP contribution < -0.4 is 0 Å². The number of aliphatic hydroxyl groups excluding tert-OH is 1. The summed E-state index contributed by atoms with van der Waals surface area (Å²) in [5.74, 6) is 0.149. The summed E-state index contributed by atoms with van der Waals surface area (Å²) in [6.45, 7) is 1.25. The number of hydrogen-bond acceptors (Lipinski definition) is 2. The molecule has 0 spiro atoms. The summed E-state index contributed by atoms with van der Waals surface area (Å²) < 4.78 is 36.5. The molecule has 0 radical (unpaired) electrons. The van der Waals surface area contributed by atoms with Crippen LogP contribution in [0.5, 0.6) is 0 Å². The summed E-state index contributed by atoms with van der Waals surface area (Å²) >= 11 is 0. The molecular weight excluding hydrogens is 195 g/mol. The zero-order chi connectivity index (χ0) is 10.8. The van der Waals surface area contributed by atoms with Crippen LogP contribution in [0.3, 0.4) is 0 Å². The number of aliphatic hydroxyl groups is 1. The summed E-state index contributed by atoms with van der Waals surface area (Å²) in [6.07, 6.45) is -2.47. The van der Waals surface area contributed by atoms with Gasteiger partial charge in [0.25, 0.3) is 0 Å². The van der Waals surface area contributed by atoms with Gasteiger partial charge in [0.1, 0.15) is 0 Å². The lowest BCUT2D eigenvalue weighted by Gasteiger charge is -2.39. The van der Waals surface area contributed by atoms with E-state index in [-0.39, 0.29) is 18.6 Å². The standard InChI is InChI=1S/C9H16F3NO/c1-7-3-2-4-13(8(7)5-14)6-9(10,11)12/h7-8,14H,2-6H2,1H3. The van der Waals surface area contributed by atoms with E-state index in [1.165, 1.54) is 4.90 Å². The smallest absolute Gasteiger partial charge is 0.395 e. The molecule has 14 heavy (non-hydrogen) atoms. The van der Waals surface area contributed by atoms with E-state index in [0.29, 0.717) is 6.54 Å². The molecule has 0 amide bonds. The predicted molar refractivity (Wildman–Crippen MR) is 46.9 cm³/mol. The minimum absolute atomic E-state index is 0.149. The Morgan fingerprint density at radius 3 is 2.57 bits per heavy atom. The Balaban J connectivity index is 2.56. The lowest BCUT2D eigenvalue weighted by atomic mass is 9.91. The minimum atomic E-state index is -4.16. The molecule has 0 aromatic heterocycles. The van der Waals surface area contributed by atoms with Crippen molar-refractivity contribution < 1.29 is 18.3 Å². The number of piperidine rings is 1. The topological polar surface area (TPSA) is 23.5 Å². The molecule has 2 atom stereocenters. The Kier molecular flexibility index (Phi) is 3.78. The molecule has 0 aliphatic carbocycles. The summed E-state index contributed by atoms with van der Waals surface area (Å²) in [4.78, 5) is 1.34. The minimum Gasteiger partial charge on any atom is -0.395 e. The second-order valence-electron chi connectivity index (χ2n) is 3.96. The highest BCUT2D eigenvalue weighted by Crippen LogP contribution is 2.26. The summed E-state index contributed by atoms with van der Waals surface area (Å²) in [6, 6.07) is -0.328. The first-order chi connectivity index (χ1) is 6.44. The van der Waals surface area contributed by atoms with Gasteiger partial charge in [-0.3, -0.25) is 4.90 Å². The third-order valence-corrected chi connectivity index (χ3v) is 2.80. The number of rotatable bonds is 2. The van der Waals surface area contributed by atoms with Gasteiger partial charge in [0, 0.05) is 6.04 Å². The largest absolute Gasteiger partial charge is 0.401 e. The molecule has 84 valence electrons. The van der Waals surface area contributed by atoms with E-state index in [4.69, 9.17) is 5.11 Å². The number of alkyl halides is 3. The second kappa shape index (κ2) is 4.49. The van der Waals surface area contributed by atoms with Crippen LogP contribution in [-0.4, -0.2) is 41.9 Å². The average molecular weight is 211 g/mol. The van der Waals surface area contributed by atoms with E-state index in [2.05, 4.69) is 0 Å². The quantitative estimate of drug-likeness (QED) is 0.750. The molecule has 0 aromatic rings. The zero-order valence-electron chi connectivity index (χ0n) is 8.22. The van der Waals surface area contributed by atoms with Gasteiger partial charge in [0.2, 0.25) is 0 Å². The molecule has 0 bridgehead atoms. The van der Waals surface area contributed by atoms with E-state index in [0.717, 1.165) is 12.8 Å². The van der Waals surface area contributed by atoms with Gasteiger partial charge in [-0.2, -0.15) is 13.2 Å². The molecule has 1 aliphatic rings. The van der Waals surface area contributed by atoms with Crippen molar-refractivity contribution >= 4 is 0 Å². The Bertz CT molecular complexity index is 183. The second-order valence-corrected chi connectivity index (χ2v) is 3.96. The van der Waals surface area contributed by atoms with E-state index < -0.39 is 12.7 Å². The molecule has 2 nitrogen and oxygen atoms in total. The highest BCUT2D eigenvalue weighted by molar-refractivity contribution is 4.82. The highest BCUT2D eigenvalue weighted by atomic mass is 19.4. The van der Waals surface area contributed by atoms with Crippen LogP contribution in [0.4, 0.5) is 13.2 Å². The first kappa shape index (κ1) is 11.8. The van der Waals surface area contributed by atoms with Crippen LogP contribution in [0.2, 0.25) is 0 Å². The van der Waals surface area contributed by atoms with E-state index >= 15 is 0 Å². The number of halogens is 3. The van der Waals surface area contributed by atoms with Gasteiger partial charge in [0.15, 0.2) is 0 Å². The Hall–Kier alpha value is -0.290. The maximum Gasteiger partial charge on any atom is 0.401 e. The molecule has 1 fully saturated rings. The monoisotopic (exact) mass is 211 g/mol. The van der Waals surface area contributed by atoms with Gasteiger partial charge in [-0.05, 0) is 25.3 Å². The Labute approximate surface area is 81.7 Å². The maximum absolute atomic E-state index is 12.2. The van der Waals surface area contributed by atoms with Crippen molar-refractivity contribution in [1.82, 2.24) is 4.90 Å². The molecule has 0 saturated carbocycles. The number of hydrogen-bond donors (Lipinski definition) is 1. The molecule has 1 N–H and O–H groups in total. The van der Waals surface area contributed by atoms with Crippen LogP contribution in [0, 0.1) is 5.92 Å². The van der Waals surface area contributed by atoms with Gasteiger partial charge in [-0.1, -0.05) is 6.92 Å². The van der Waals surface area contributed by atoms with E-state index in [1.54, 1.807) is 0 Å². The van der Waals surface area contributed by atoms with Crippen molar-refractivity contribution in [2.75, 3.05) is 19.7 Å². The van der Waals surface area contributed by atoms with Crippen LogP contribution in [-0.2, 0) is 0 Å². The van der Waals surface area contributed by atoms with Gasteiger partial charge >= 0.3 is 6.18 Å². The maximum atomic E-state index is 12.2. The Morgan fingerprint density at radius 2 is 2.07 bits per heavy atom. The SMILES string of the molecule is CC1CCCN(CC(F)(F)F)C1CO. The molecule has 0 aromatic carbocycles. The van der Waals surface area contributed by atoms with Crippen molar-refractivity contribution in [3.63, 3.8) is 0 Å². The highest BCUT2D eigenvalue weighted by Gasteiger charge is 2.36. The zero-order valence-corrected chi connectivity index (χ0v) is 8.22. The van der Waals surface area contributed by atoms with E-state index in [1.807, 2.05) is 6.92 Å². The molecule has 1 rings (SSSR count). The summed E-state index contributed by atoms with van der Waals surface area (Å²) in [5.41, 5.74) is 0. The molecule has 2 unspecified atom stereocenters. The van der Waals surface area contributed by atoms with Gasteiger partial charge in [-0.25, -0.2) is 0 Å².